The smallest absolute Gasteiger partial charge is 0.364 e. The third-order valence-corrected chi connectivity index (χ3v) is 5.81. The lowest BCUT2D eigenvalue weighted by Gasteiger charge is -2.45. The quantitative estimate of drug-likeness (QED) is 0.113. The number of aliphatic hydroxyl groups excluding tert-OH is 7. The molecule has 2 saturated heterocycles. The van der Waals surface area contributed by atoms with Crippen LogP contribution in [0.3, 0.4) is 0 Å². The van der Waals surface area contributed by atoms with Crippen LogP contribution in [0.25, 0.3) is 0 Å². The fraction of sp³-hybridized carbons (Fsp3) is 0.842. The van der Waals surface area contributed by atoms with Crippen LogP contribution in [0.4, 0.5) is 0 Å². The highest BCUT2D eigenvalue weighted by Crippen LogP contribution is 2.35. The Morgan fingerprint density at radius 1 is 0.806 bits per heavy atom. The Morgan fingerprint density at radius 2 is 1.25 bits per heavy atom. The molecule has 208 valence electrons. The highest BCUT2D eigenvalue weighted by molar-refractivity contribution is 5.76. The first kappa shape index (κ1) is 30.2. The molecule has 0 radical (unpaired) electrons. The Bertz CT molecular complexity index is 792. The summed E-state index contributed by atoms with van der Waals surface area (Å²) in [6.07, 6.45) is -17.5. The molecule has 0 aromatic carbocycles. The molecule has 0 aromatic rings. The third-order valence-electron chi connectivity index (χ3n) is 5.81. The number of aliphatic hydroxyl groups is 7. The predicted molar refractivity (Wildman–Crippen MR) is 107 cm³/mol. The monoisotopic (exact) mass is 530 g/mol. The van der Waals surface area contributed by atoms with Crippen LogP contribution in [0.2, 0.25) is 0 Å². The molecule has 0 spiro atoms. The molecule has 17 nitrogen and oxygen atoms in total. The van der Waals surface area contributed by atoms with Gasteiger partial charge in [0, 0.05) is 12.8 Å². The minimum absolute atomic E-state index is 0.638. The van der Waals surface area contributed by atoms with Gasteiger partial charge >= 0.3 is 17.9 Å². The van der Waals surface area contributed by atoms with Gasteiger partial charge in [0.25, 0.3) is 11.6 Å². The molecule has 0 unspecified atom stereocenters. The second-order valence-electron chi connectivity index (χ2n) is 8.43. The van der Waals surface area contributed by atoms with Crippen molar-refractivity contribution in [1.29, 1.82) is 0 Å². The van der Waals surface area contributed by atoms with E-state index in [0.29, 0.717) is 0 Å². The van der Waals surface area contributed by atoms with Gasteiger partial charge < -0.3 is 70.0 Å². The van der Waals surface area contributed by atoms with E-state index in [0.717, 1.165) is 0 Å². The average Bonchev–Trinajstić information content (AvgIpc) is 2.80. The fourth-order valence-corrected chi connectivity index (χ4v) is 3.82. The van der Waals surface area contributed by atoms with Crippen molar-refractivity contribution < 1.29 is 84.4 Å². The van der Waals surface area contributed by atoms with Gasteiger partial charge in [-0.2, -0.15) is 0 Å². The van der Waals surface area contributed by atoms with E-state index in [1.165, 1.54) is 0 Å². The third kappa shape index (κ3) is 6.45. The normalized spacial score (nSPS) is 38.8. The van der Waals surface area contributed by atoms with Gasteiger partial charge in [-0.05, 0) is 0 Å². The van der Waals surface area contributed by atoms with Gasteiger partial charge in [-0.3, -0.25) is 4.79 Å². The van der Waals surface area contributed by atoms with Crippen LogP contribution in [-0.2, 0) is 33.3 Å². The molecule has 0 bridgehead atoms. The molecule has 10 N–H and O–H groups in total. The molecular formula is C19H30O17. The maximum atomic E-state index is 11.9. The average molecular weight is 530 g/mol. The van der Waals surface area contributed by atoms with Crippen molar-refractivity contribution >= 4 is 17.9 Å². The fourth-order valence-electron chi connectivity index (χ4n) is 3.82. The topological polar surface area (TPSA) is 290 Å². The number of hydrogen-bond donors (Lipinski definition) is 10. The molecule has 2 rings (SSSR count). The molecule has 0 saturated carbocycles. The van der Waals surface area contributed by atoms with Crippen LogP contribution in [0.15, 0.2) is 0 Å². The van der Waals surface area contributed by atoms with Gasteiger partial charge in [-0.15, -0.1) is 0 Å². The van der Waals surface area contributed by atoms with Crippen LogP contribution in [-0.4, -0.2) is 149 Å². The summed E-state index contributed by atoms with van der Waals surface area (Å²) in [6, 6.07) is 0. The van der Waals surface area contributed by atoms with E-state index in [-0.39, 0.29) is 0 Å². The van der Waals surface area contributed by atoms with Crippen molar-refractivity contribution in [1.82, 2.24) is 0 Å². The van der Waals surface area contributed by atoms with Gasteiger partial charge in [0.2, 0.25) is 0 Å². The van der Waals surface area contributed by atoms with Crippen molar-refractivity contribution in [3.05, 3.63) is 0 Å². The zero-order chi connectivity index (χ0) is 27.4. The SMILES string of the molecule is O=C(O)CCO[C@]1(C(=O)O)C[C@@H](O)[C@@H](O)[C@@H]([C@H](O)CO[C@]2(C(=O)O)C[C@@H](O)[C@@H](O)[C@@H]([C@H](O)CO)O2)O1. The largest absolute Gasteiger partial charge is 0.481 e. The van der Waals surface area contributed by atoms with Gasteiger partial charge in [-0.25, -0.2) is 9.59 Å². The first-order valence-corrected chi connectivity index (χ1v) is 10.7. The zero-order valence-electron chi connectivity index (χ0n) is 18.7. The second-order valence-corrected chi connectivity index (χ2v) is 8.43. The number of carboxylic acids is 3. The van der Waals surface area contributed by atoms with Gasteiger partial charge in [0.05, 0.1) is 38.4 Å². The number of aliphatic carboxylic acids is 3. The van der Waals surface area contributed by atoms with E-state index in [1.807, 2.05) is 0 Å². The van der Waals surface area contributed by atoms with Crippen molar-refractivity contribution in [2.45, 2.75) is 79.7 Å². The summed E-state index contributed by atoms with van der Waals surface area (Å²) in [4.78, 5) is 34.5. The van der Waals surface area contributed by atoms with Crippen LogP contribution < -0.4 is 0 Å². The Kier molecular flexibility index (Phi) is 10.1. The van der Waals surface area contributed by atoms with Crippen LogP contribution in [0.5, 0.6) is 0 Å². The second kappa shape index (κ2) is 12.0. The Labute approximate surface area is 202 Å². The Morgan fingerprint density at radius 3 is 1.67 bits per heavy atom. The molecule has 2 heterocycles. The van der Waals surface area contributed by atoms with Gasteiger partial charge in [0.15, 0.2) is 0 Å². The molecule has 0 aromatic heterocycles. The number of carboxylic acid groups (broad SMARTS) is 3. The number of rotatable bonds is 12. The molecule has 10 atom stereocenters. The zero-order valence-corrected chi connectivity index (χ0v) is 18.7. The summed E-state index contributed by atoms with van der Waals surface area (Å²) in [5.41, 5.74) is 0. The number of ether oxygens (including phenoxy) is 4. The molecule has 0 amide bonds. The van der Waals surface area contributed by atoms with Crippen molar-refractivity contribution in [3.8, 4) is 0 Å². The summed E-state index contributed by atoms with van der Waals surface area (Å²) < 4.78 is 20.5. The number of carbonyl (C=O) groups is 3. The standard InChI is InChI=1S/C19H30O17/c20-5-9(23)14-12(27)8(22)4-19(35-14,17(31)32)34-6-10(24)15-13(28)7(21)3-18(36-15,16(29)30)33-2-1-11(25)26/h7-10,12-15,20-24,27-28H,1-6H2,(H,25,26)(H,29,30)(H,31,32)/t7-,8-,9-,10-,12-,13-,14-,15-,18-,19-/m1/s1. The van der Waals surface area contributed by atoms with Crippen molar-refractivity contribution in [2.75, 3.05) is 19.8 Å². The van der Waals surface area contributed by atoms with E-state index in [1.54, 1.807) is 0 Å². The van der Waals surface area contributed by atoms with Crippen molar-refractivity contribution in [3.63, 3.8) is 0 Å². The van der Waals surface area contributed by atoms with E-state index >= 15 is 0 Å². The molecule has 2 fully saturated rings. The van der Waals surface area contributed by atoms with Crippen molar-refractivity contribution in [2.24, 2.45) is 0 Å². The van der Waals surface area contributed by atoms with Gasteiger partial charge in [0.1, 0.15) is 36.6 Å². The van der Waals surface area contributed by atoms with Crippen LogP contribution >= 0.6 is 0 Å². The predicted octanol–water partition coefficient (Wildman–Crippen LogP) is -5.21. The van der Waals surface area contributed by atoms with E-state index in [9.17, 15) is 55.2 Å². The molecular weight excluding hydrogens is 500 g/mol. The van der Waals surface area contributed by atoms with Crippen LogP contribution in [0, 0.1) is 0 Å². The lowest BCUT2D eigenvalue weighted by molar-refractivity contribution is -0.343. The lowest BCUT2D eigenvalue weighted by Crippen LogP contribution is -2.65. The van der Waals surface area contributed by atoms with E-state index < -0.39 is 117 Å². The first-order chi connectivity index (χ1) is 16.7. The Balaban J connectivity index is 2.22. The van der Waals surface area contributed by atoms with E-state index in [2.05, 4.69) is 0 Å². The maximum Gasteiger partial charge on any atom is 0.364 e. The molecule has 0 aliphatic carbocycles. The summed E-state index contributed by atoms with van der Waals surface area (Å²) >= 11 is 0. The summed E-state index contributed by atoms with van der Waals surface area (Å²) in [5.74, 6) is -10.5. The summed E-state index contributed by atoms with van der Waals surface area (Å²) in [5, 5.41) is 97.9. The molecule has 36 heavy (non-hydrogen) atoms. The molecule has 2 aliphatic rings. The summed E-state index contributed by atoms with van der Waals surface area (Å²) in [6.45, 7) is -2.73. The van der Waals surface area contributed by atoms with Crippen LogP contribution in [0.1, 0.15) is 19.3 Å². The number of hydrogen-bond acceptors (Lipinski definition) is 14. The molecule has 17 heteroatoms. The maximum absolute atomic E-state index is 11.9. The highest BCUT2D eigenvalue weighted by atomic mass is 16.7. The first-order valence-electron chi connectivity index (χ1n) is 10.7. The van der Waals surface area contributed by atoms with E-state index in [4.69, 9.17) is 29.2 Å². The highest BCUT2D eigenvalue weighted by Gasteiger charge is 2.57. The molecule has 2 aliphatic heterocycles. The summed E-state index contributed by atoms with van der Waals surface area (Å²) in [7, 11) is 0. The lowest BCUT2D eigenvalue weighted by atomic mass is 9.91. The minimum atomic E-state index is -2.78. The minimum Gasteiger partial charge on any atom is -0.481 e. The van der Waals surface area contributed by atoms with Gasteiger partial charge in [-0.1, -0.05) is 0 Å². The Hall–Kier alpha value is -2.03.